The Balaban J connectivity index is 2.12. The molecule has 90 valence electrons. The Kier molecular flexibility index (Phi) is 3.37. The molecule has 1 fully saturated rings. The zero-order valence-corrected chi connectivity index (χ0v) is 9.63. The predicted octanol–water partition coefficient (Wildman–Crippen LogP) is 0.746. The third-order valence-electron chi connectivity index (χ3n) is 2.90. The lowest BCUT2D eigenvalue weighted by molar-refractivity contribution is -0.149. The number of amides is 1. The molecular formula is C12H14N2O3. The molecule has 1 unspecified atom stereocenters. The van der Waals surface area contributed by atoms with E-state index in [1.807, 2.05) is 12.1 Å². The second kappa shape index (κ2) is 4.95. The number of methoxy groups -OCH3 is 1. The number of pyridine rings is 1. The lowest BCUT2D eigenvalue weighted by Gasteiger charge is -2.22. The number of likely N-dealkylation sites (tertiary alicyclic amines) is 1. The second-order valence-corrected chi connectivity index (χ2v) is 3.95. The van der Waals surface area contributed by atoms with Crippen LogP contribution in [0.3, 0.4) is 0 Å². The van der Waals surface area contributed by atoms with E-state index in [0.29, 0.717) is 19.4 Å². The van der Waals surface area contributed by atoms with Crippen LogP contribution in [0, 0.1) is 0 Å². The van der Waals surface area contributed by atoms with E-state index < -0.39 is 6.04 Å². The van der Waals surface area contributed by atoms with Crippen molar-refractivity contribution in [2.45, 2.75) is 25.4 Å². The maximum atomic E-state index is 11.7. The van der Waals surface area contributed by atoms with Crippen molar-refractivity contribution in [2.75, 3.05) is 7.11 Å². The Bertz CT molecular complexity index is 419. The zero-order chi connectivity index (χ0) is 12.3. The summed E-state index contributed by atoms with van der Waals surface area (Å²) in [6.45, 7) is 0.432. The van der Waals surface area contributed by atoms with Crippen molar-refractivity contribution >= 4 is 11.9 Å². The smallest absolute Gasteiger partial charge is 0.328 e. The molecule has 0 aromatic carbocycles. The SMILES string of the molecule is COC(=O)C1CCC(=O)N1Cc1ccncc1. The summed E-state index contributed by atoms with van der Waals surface area (Å²) in [7, 11) is 1.34. The lowest BCUT2D eigenvalue weighted by Crippen LogP contribution is -2.38. The van der Waals surface area contributed by atoms with Crippen molar-refractivity contribution < 1.29 is 14.3 Å². The van der Waals surface area contributed by atoms with Gasteiger partial charge in [0.2, 0.25) is 5.91 Å². The first-order valence-electron chi connectivity index (χ1n) is 5.48. The standard InChI is InChI=1S/C12H14N2O3/c1-17-12(16)10-2-3-11(15)14(10)8-9-4-6-13-7-5-9/h4-7,10H,2-3,8H2,1H3. The molecular weight excluding hydrogens is 220 g/mol. The molecule has 5 heteroatoms. The van der Waals surface area contributed by atoms with Gasteiger partial charge in [0, 0.05) is 25.4 Å². The highest BCUT2D eigenvalue weighted by molar-refractivity contribution is 5.88. The van der Waals surface area contributed by atoms with Crippen LogP contribution < -0.4 is 0 Å². The molecule has 0 spiro atoms. The van der Waals surface area contributed by atoms with E-state index in [4.69, 9.17) is 4.74 Å². The summed E-state index contributed by atoms with van der Waals surface area (Å²) >= 11 is 0. The molecule has 5 nitrogen and oxygen atoms in total. The van der Waals surface area contributed by atoms with E-state index in [9.17, 15) is 9.59 Å². The van der Waals surface area contributed by atoms with Crippen molar-refractivity contribution in [3.63, 3.8) is 0 Å². The predicted molar refractivity (Wildman–Crippen MR) is 59.8 cm³/mol. The van der Waals surface area contributed by atoms with E-state index >= 15 is 0 Å². The quantitative estimate of drug-likeness (QED) is 0.724. The normalized spacial score (nSPS) is 19.5. The van der Waals surface area contributed by atoms with Crippen molar-refractivity contribution in [3.8, 4) is 0 Å². The first-order valence-corrected chi connectivity index (χ1v) is 5.48. The van der Waals surface area contributed by atoms with Crippen LogP contribution in [-0.2, 0) is 20.9 Å². The number of carbonyl (C=O) groups is 2. The number of carbonyl (C=O) groups excluding carboxylic acids is 2. The summed E-state index contributed by atoms with van der Waals surface area (Å²) in [5.74, 6) is -0.345. The number of nitrogens with zero attached hydrogens (tertiary/aromatic N) is 2. The van der Waals surface area contributed by atoms with Gasteiger partial charge in [-0.1, -0.05) is 0 Å². The minimum Gasteiger partial charge on any atom is -0.467 e. The molecule has 1 aromatic rings. The lowest BCUT2D eigenvalue weighted by atomic mass is 10.2. The molecule has 0 N–H and O–H groups in total. The van der Waals surface area contributed by atoms with E-state index in [0.717, 1.165) is 5.56 Å². The van der Waals surface area contributed by atoms with Crippen molar-refractivity contribution in [3.05, 3.63) is 30.1 Å². The Labute approximate surface area is 99.4 Å². The van der Waals surface area contributed by atoms with Crippen LogP contribution in [-0.4, -0.2) is 34.9 Å². The Morgan fingerprint density at radius 3 is 2.88 bits per heavy atom. The van der Waals surface area contributed by atoms with Crippen LogP contribution in [0.25, 0.3) is 0 Å². The van der Waals surface area contributed by atoms with Crippen LogP contribution in [0.15, 0.2) is 24.5 Å². The number of rotatable bonds is 3. The van der Waals surface area contributed by atoms with Crippen LogP contribution in [0.2, 0.25) is 0 Å². The number of aromatic nitrogens is 1. The van der Waals surface area contributed by atoms with Crippen LogP contribution in [0.4, 0.5) is 0 Å². The van der Waals surface area contributed by atoms with Crippen LogP contribution in [0.5, 0.6) is 0 Å². The summed E-state index contributed by atoms with van der Waals surface area (Å²) in [5, 5.41) is 0. The number of hydrogen-bond donors (Lipinski definition) is 0. The molecule has 0 bridgehead atoms. The number of esters is 1. The first-order chi connectivity index (χ1) is 8.22. The monoisotopic (exact) mass is 234 g/mol. The molecule has 2 heterocycles. The minimum absolute atomic E-state index is 0.00258. The molecule has 17 heavy (non-hydrogen) atoms. The van der Waals surface area contributed by atoms with E-state index in [1.54, 1.807) is 17.3 Å². The van der Waals surface area contributed by atoms with Gasteiger partial charge in [0.25, 0.3) is 0 Å². The minimum atomic E-state index is -0.444. The Morgan fingerprint density at radius 1 is 1.53 bits per heavy atom. The third kappa shape index (κ3) is 2.43. The molecule has 1 aliphatic rings. The maximum absolute atomic E-state index is 11.7. The highest BCUT2D eigenvalue weighted by Gasteiger charge is 2.36. The van der Waals surface area contributed by atoms with Crippen LogP contribution in [0.1, 0.15) is 18.4 Å². The van der Waals surface area contributed by atoms with Crippen molar-refractivity contribution in [1.82, 2.24) is 9.88 Å². The fourth-order valence-electron chi connectivity index (χ4n) is 2.00. The van der Waals surface area contributed by atoms with E-state index in [1.165, 1.54) is 7.11 Å². The van der Waals surface area contributed by atoms with Gasteiger partial charge < -0.3 is 9.64 Å². The molecule has 1 aromatic heterocycles. The average Bonchev–Trinajstić information content (AvgIpc) is 2.72. The topological polar surface area (TPSA) is 59.5 Å². The molecule has 0 radical (unpaired) electrons. The Morgan fingerprint density at radius 2 is 2.24 bits per heavy atom. The molecule has 0 saturated carbocycles. The zero-order valence-electron chi connectivity index (χ0n) is 9.63. The van der Waals surface area contributed by atoms with Gasteiger partial charge in [0.1, 0.15) is 6.04 Å². The molecule has 1 saturated heterocycles. The molecule has 1 atom stereocenters. The average molecular weight is 234 g/mol. The van der Waals surface area contributed by atoms with Gasteiger partial charge in [-0.2, -0.15) is 0 Å². The largest absolute Gasteiger partial charge is 0.467 e. The second-order valence-electron chi connectivity index (χ2n) is 3.95. The number of ether oxygens (including phenoxy) is 1. The van der Waals surface area contributed by atoms with Crippen molar-refractivity contribution in [1.29, 1.82) is 0 Å². The fourth-order valence-corrected chi connectivity index (χ4v) is 2.00. The molecule has 2 rings (SSSR count). The highest BCUT2D eigenvalue weighted by atomic mass is 16.5. The summed E-state index contributed by atoms with van der Waals surface area (Å²) in [5.41, 5.74) is 0.962. The Hall–Kier alpha value is -1.91. The van der Waals surface area contributed by atoms with Gasteiger partial charge >= 0.3 is 5.97 Å². The van der Waals surface area contributed by atoms with Crippen LogP contribution >= 0.6 is 0 Å². The van der Waals surface area contributed by atoms with Crippen molar-refractivity contribution in [2.24, 2.45) is 0 Å². The van der Waals surface area contributed by atoms with Gasteiger partial charge in [-0.05, 0) is 24.1 Å². The maximum Gasteiger partial charge on any atom is 0.328 e. The fraction of sp³-hybridized carbons (Fsp3) is 0.417. The summed E-state index contributed by atoms with van der Waals surface area (Å²) in [6, 6.07) is 3.22. The highest BCUT2D eigenvalue weighted by Crippen LogP contribution is 2.22. The molecule has 0 aliphatic carbocycles. The van der Waals surface area contributed by atoms with Gasteiger partial charge in [0.15, 0.2) is 0 Å². The van der Waals surface area contributed by atoms with E-state index in [-0.39, 0.29) is 11.9 Å². The molecule has 1 aliphatic heterocycles. The molecule has 1 amide bonds. The number of hydrogen-bond acceptors (Lipinski definition) is 4. The summed E-state index contributed by atoms with van der Waals surface area (Å²) < 4.78 is 4.71. The summed E-state index contributed by atoms with van der Waals surface area (Å²) in [6.07, 6.45) is 4.29. The van der Waals surface area contributed by atoms with Gasteiger partial charge in [-0.15, -0.1) is 0 Å². The van der Waals surface area contributed by atoms with Gasteiger partial charge in [0.05, 0.1) is 7.11 Å². The van der Waals surface area contributed by atoms with Gasteiger partial charge in [-0.25, -0.2) is 4.79 Å². The first kappa shape index (κ1) is 11.6. The summed E-state index contributed by atoms with van der Waals surface area (Å²) in [4.78, 5) is 28.7. The van der Waals surface area contributed by atoms with Gasteiger partial charge in [-0.3, -0.25) is 9.78 Å². The third-order valence-corrected chi connectivity index (χ3v) is 2.90. The van der Waals surface area contributed by atoms with E-state index in [2.05, 4.69) is 4.98 Å².